The molecule has 1 nitrogen and oxygen atoms in total. The van der Waals surface area contributed by atoms with Crippen LogP contribution in [0.25, 0.3) is 11.1 Å². The van der Waals surface area contributed by atoms with Crippen molar-refractivity contribution in [2.75, 3.05) is 5.90 Å². The molecule has 6 rings (SSSR count). The van der Waals surface area contributed by atoms with Crippen LogP contribution in [0.2, 0.25) is 0 Å². The molecule has 0 saturated heterocycles. The van der Waals surface area contributed by atoms with E-state index >= 15 is 0 Å². The van der Waals surface area contributed by atoms with Gasteiger partial charge < -0.3 is 4.79 Å². The maximum atomic E-state index is 14.3. The molecular formula is C39H33Cl2OP2Pd+. The van der Waals surface area contributed by atoms with Crippen molar-refractivity contribution in [3.63, 3.8) is 0 Å². The Bertz CT molecular complexity index is 1660. The first-order chi connectivity index (χ1) is 22.1. The molecule has 6 heteroatoms. The van der Waals surface area contributed by atoms with E-state index in [2.05, 4.69) is 152 Å². The van der Waals surface area contributed by atoms with E-state index in [1.165, 1.54) is 21.2 Å². The van der Waals surface area contributed by atoms with Gasteiger partial charge in [-0.1, -0.05) is 115 Å². The van der Waals surface area contributed by atoms with E-state index in [-0.39, 0.29) is 21.7 Å². The Balaban J connectivity index is 0.00000128. The molecule has 0 aliphatic rings. The van der Waals surface area contributed by atoms with Gasteiger partial charge >= 0.3 is 35.0 Å². The zero-order chi connectivity index (χ0) is 31.3. The number of hydrogen-bond donors (Lipinski definition) is 0. The van der Waals surface area contributed by atoms with Gasteiger partial charge in [-0.3, -0.25) is 0 Å². The molecule has 0 aliphatic carbocycles. The second-order valence-electron chi connectivity index (χ2n) is 10.4. The van der Waals surface area contributed by atoms with Crippen molar-refractivity contribution < 1.29 is 20.7 Å². The van der Waals surface area contributed by atoms with E-state index in [0.29, 0.717) is 0 Å². The molecule has 0 spiro atoms. The van der Waals surface area contributed by atoms with Gasteiger partial charge in [0.2, 0.25) is 0 Å². The Morgan fingerprint density at radius 1 is 0.533 bits per heavy atom. The molecule has 0 unspecified atom stereocenters. The summed E-state index contributed by atoms with van der Waals surface area (Å²) in [7, 11) is 6.07. The summed E-state index contributed by atoms with van der Waals surface area (Å²) in [5.74, 6) is 0.992. The third-order valence-corrected chi connectivity index (χ3v) is 16.1. The summed E-state index contributed by atoms with van der Waals surface area (Å²) in [4.78, 5) is 14.3. The fourth-order valence-corrected chi connectivity index (χ4v) is 14.9. The molecule has 0 amide bonds. The van der Waals surface area contributed by atoms with E-state index in [1.54, 1.807) is 0 Å². The number of rotatable bonds is 10. The summed E-state index contributed by atoms with van der Waals surface area (Å²) >= 11 is -0.106. The molecule has 0 radical (unpaired) electrons. The van der Waals surface area contributed by atoms with E-state index in [0.717, 1.165) is 22.6 Å². The Morgan fingerprint density at radius 3 is 1.31 bits per heavy atom. The van der Waals surface area contributed by atoms with Gasteiger partial charge in [0.1, 0.15) is 18.5 Å². The number of benzene rings is 6. The second-order valence-corrected chi connectivity index (χ2v) is 19.2. The molecule has 228 valence electrons. The molecule has 0 fully saturated rings. The minimum absolute atomic E-state index is 0.0816. The van der Waals surface area contributed by atoms with Gasteiger partial charge in [-0.25, -0.2) is 0 Å². The van der Waals surface area contributed by atoms with Crippen LogP contribution in [0, 0.1) is 6.16 Å². The predicted molar refractivity (Wildman–Crippen MR) is 197 cm³/mol. The Morgan fingerprint density at radius 2 is 0.889 bits per heavy atom. The van der Waals surface area contributed by atoms with Gasteiger partial charge in [-0.2, -0.15) is 0 Å². The van der Waals surface area contributed by atoms with Crippen molar-refractivity contribution >= 4 is 61.2 Å². The first kappa shape index (κ1) is 33.3. The molecule has 6 aromatic rings. The van der Waals surface area contributed by atoms with Gasteiger partial charge in [-0.05, 0) is 65.8 Å². The second kappa shape index (κ2) is 17.0. The number of hydrogen-bond acceptors (Lipinski definition) is 1. The zero-order valence-corrected chi connectivity index (χ0v) is 29.4. The summed E-state index contributed by atoms with van der Waals surface area (Å²) in [6.07, 6.45) is 2.10. The Hall–Kier alpha value is -3.04. The minimum atomic E-state index is -2.31. The van der Waals surface area contributed by atoms with Gasteiger partial charge in [0.05, 0.1) is 23.7 Å². The summed E-state index contributed by atoms with van der Waals surface area (Å²) in [5.41, 5.74) is 2.98. The summed E-state index contributed by atoms with van der Waals surface area (Å²) < 4.78 is 0. The monoisotopic (exact) mass is 755 g/mol. The van der Waals surface area contributed by atoms with E-state index in [4.69, 9.17) is 19.1 Å². The first-order valence-electron chi connectivity index (χ1n) is 14.5. The normalized spacial score (nSPS) is 11.0. The predicted octanol–water partition coefficient (Wildman–Crippen LogP) is 9.57. The van der Waals surface area contributed by atoms with Crippen molar-refractivity contribution in [2.45, 2.75) is 0 Å². The van der Waals surface area contributed by atoms with Gasteiger partial charge in [0.15, 0.2) is 5.90 Å². The zero-order valence-electron chi connectivity index (χ0n) is 24.5. The molecule has 6 aromatic carbocycles. The van der Waals surface area contributed by atoms with Gasteiger partial charge in [-0.15, -0.1) is 17.7 Å². The van der Waals surface area contributed by atoms with Crippen molar-refractivity contribution in [1.82, 2.24) is 0 Å². The number of halogens is 2. The summed E-state index contributed by atoms with van der Waals surface area (Å²) in [6, 6.07) is 61.6. The van der Waals surface area contributed by atoms with Crippen LogP contribution in [0.5, 0.6) is 0 Å². The van der Waals surface area contributed by atoms with Gasteiger partial charge in [0, 0.05) is 0 Å². The van der Waals surface area contributed by atoms with E-state index in [9.17, 15) is 4.79 Å². The fraction of sp³-hybridized carbons (Fsp3) is 0.0256. The van der Waals surface area contributed by atoms with Crippen LogP contribution >= 0.6 is 34.2 Å². The van der Waals surface area contributed by atoms with Crippen LogP contribution in [0.1, 0.15) is 10.4 Å². The first-order valence-corrected chi connectivity index (χ1v) is 22.2. The van der Waals surface area contributed by atoms with E-state index < -0.39 is 15.2 Å². The number of carbonyl (C=O) groups excluding carboxylic acids is 1. The molecule has 0 N–H and O–H groups in total. The van der Waals surface area contributed by atoms with Crippen molar-refractivity contribution in [3.05, 3.63) is 188 Å². The van der Waals surface area contributed by atoms with Crippen molar-refractivity contribution in [1.29, 1.82) is 0 Å². The third kappa shape index (κ3) is 8.61. The van der Waals surface area contributed by atoms with Crippen molar-refractivity contribution in [3.8, 4) is 11.1 Å². The Labute approximate surface area is 284 Å². The molecule has 0 aliphatic heterocycles. The molecule has 0 bridgehead atoms. The average Bonchev–Trinajstić information content (AvgIpc) is 3.12. The maximum absolute atomic E-state index is 14.3. The van der Waals surface area contributed by atoms with Crippen LogP contribution < -0.4 is 21.2 Å². The number of ketones is 1. The van der Waals surface area contributed by atoms with Crippen LogP contribution in [0.4, 0.5) is 0 Å². The average molecular weight is 757 g/mol. The Kier molecular flexibility index (Phi) is 12.6. The van der Waals surface area contributed by atoms with Crippen LogP contribution in [-0.2, 0) is 15.9 Å². The summed E-state index contributed by atoms with van der Waals surface area (Å²) in [5, 5.41) is 5.19. The topological polar surface area (TPSA) is 17.1 Å². The van der Waals surface area contributed by atoms with Crippen LogP contribution in [0.3, 0.4) is 0 Å². The SMILES string of the molecule is O=C([CH-][P+](C[PH+](c1ccccc1)c1ccccc1)(c1ccccc1)c1ccccc1)c1ccc(-c2ccccc2)cc1.[Cl][Pd][Cl]. The number of Topliss-reactive ketones (excluding diaryl/α,β-unsaturated/α-hetero) is 1. The molecular weight excluding hydrogens is 724 g/mol. The molecule has 0 aromatic heterocycles. The van der Waals surface area contributed by atoms with Crippen LogP contribution in [0.15, 0.2) is 176 Å². The standard InChI is InChI=1S/C39H32OP2.2ClH.Pd/c40-39(34-28-26-33(27-29-34)32-16-6-1-7-17-32)30-42(37-22-12-4-13-23-37,38-24-14-5-15-25-38)31-41(35-18-8-2-9-19-35)36-20-10-3-11-21-36;;;/h1-30H,31H2;2*1H;/q;;;+2/p-1. The molecule has 0 saturated carbocycles. The number of carbonyl (C=O) groups is 1. The van der Waals surface area contributed by atoms with Crippen molar-refractivity contribution in [2.24, 2.45) is 0 Å². The molecule has 0 heterocycles. The molecule has 45 heavy (non-hydrogen) atoms. The third-order valence-electron chi connectivity index (χ3n) is 7.70. The fourth-order valence-electron chi connectivity index (χ4n) is 5.52. The summed E-state index contributed by atoms with van der Waals surface area (Å²) in [6.45, 7) is 0. The molecule has 0 atom stereocenters. The van der Waals surface area contributed by atoms with Crippen LogP contribution in [-0.4, -0.2) is 11.7 Å². The van der Waals surface area contributed by atoms with Gasteiger partial charge in [0.25, 0.3) is 0 Å². The van der Waals surface area contributed by atoms with E-state index in [1.807, 2.05) is 30.3 Å². The quantitative estimate of drug-likeness (QED) is 0.0590.